The molecule has 14 nitrogen and oxygen atoms in total. The molecule has 232 valence electrons. The van der Waals surface area contributed by atoms with Gasteiger partial charge in [0, 0.05) is 67.8 Å². The number of methoxy groups -OCH3 is 1. The highest BCUT2D eigenvalue weighted by atomic mass is 79.9. The minimum Gasteiger partial charge on any atom is -0.494 e. The summed E-state index contributed by atoms with van der Waals surface area (Å²) in [6.07, 6.45) is 9.54. The SMILES string of the molecule is COc1cc(N2CC3(COC3)C2)c(-c2cnn(C)c2)cc1Nc1ncc(Br)c(Nc2ccc3nccnc3c2NS(C)(=O)=O)n1. The van der Waals surface area contributed by atoms with E-state index < -0.39 is 10.0 Å². The number of rotatable bonds is 9. The zero-order valence-corrected chi connectivity index (χ0v) is 27.0. The van der Waals surface area contributed by atoms with Crippen molar-refractivity contribution in [3.63, 3.8) is 0 Å². The van der Waals surface area contributed by atoms with Crippen molar-refractivity contribution >= 4 is 71.5 Å². The van der Waals surface area contributed by atoms with Crippen LogP contribution in [0.1, 0.15) is 0 Å². The number of aryl methyl sites for hydroxylation is 1. The molecule has 16 heteroatoms. The fourth-order valence-corrected chi connectivity index (χ4v) is 6.46. The standard InChI is InChI=1S/C29H29BrN10O4S/c1-39-12-17(10-34-39)18-8-22(24(43-2)9-23(18)40-13-29(14-40)15-44-16-29)36-28-33-11-19(30)27(37-28)35-21-5-4-20-25(32-7-6-31-20)26(21)38-45(3,41)42/h4-12,38H,13-16H2,1-3H3,(H2,33,35,36,37). The Bertz CT molecular complexity index is 2040. The van der Waals surface area contributed by atoms with E-state index >= 15 is 0 Å². The number of ether oxygens (including phenoxy) is 2. The summed E-state index contributed by atoms with van der Waals surface area (Å²) < 4.78 is 40.7. The quantitative estimate of drug-likeness (QED) is 0.201. The van der Waals surface area contributed by atoms with Crippen molar-refractivity contribution < 1.29 is 17.9 Å². The van der Waals surface area contributed by atoms with Crippen LogP contribution in [0.25, 0.3) is 22.2 Å². The number of nitrogens with zero attached hydrogens (tertiary/aromatic N) is 7. The zero-order chi connectivity index (χ0) is 31.3. The molecule has 0 atom stereocenters. The maximum absolute atomic E-state index is 12.2. The molecule has 2 fully saturated rings. The highest BCUT2D eigenvalue weighted by Gasteiger charge is 2.49. The van der Waals surface area contributed by atoms with Gasteiger partial charge in [-0.25, -0.2) is 13.4 Å². The van der Waals surface area contributed by atoms with E-state index in [9.17, 15) is 8.42 Å². The lowest BCUT2D eigenvalue weighted by Crippen LogP contribution is -2.66. The number of nitrogens with one attached hydrogen (secondary N) is 3. The van der Waals surface area contributed by atoms with Gasteiger partial charge in [0.2, 0.25) is 16.0 Å². The lowest BCUT2D eigenvalue weighted by molar-refractivity contribution is -0.127. The van der Waals surface area contributed by atoms with Crippen molar-refractivity contribution in [2.24, 2.45) is 12.5 Å². The monoisotopic (exact) mass is 692 g/mol. The molecule has 0 aliphatic carbocycles. The Morgan fingerprint density at radius 3 is 2.53 bits per heavy atom. The van der Waals surface area contributed by atoms with Crippen LogP contribution >= 0.6 is 15.9 Å². The first kappa shape index (κ1) is 29.2. The predicted octanol–water partition coefficient (Wildman–Crippen LogP) is 4.29. The van der Waals surface area contributed by atoms with Crippen molar-refractivity contribution in [1.29, 1.82) is 0 Å². The fraction of sp³-hybridized carbons (Fsp3) is 0.276. The van der Waals surface area contributed by atoms with Gasteiger partial charge in [-0.15, -0.1) is 0 Å². The molecule has 0 radical (unpaired) electrons. The number of halogens is 1. The van der Waals surface area contributed by atoms with Gasteiger partial charge in [0.05, 0.1) is 65.2 Å². The molecule has 0 amide bonds. The van der Waals surface area contributed by atoms with E-state index in [1.54, 1.807) is 36.3 Å². The molecule has 3 N–H and O–H groups in total. The largest absolute Gasteiger partial charge is 0.494 e. The highest BCUT2D eigenvalue weighted by molar-refractivity contribution is 9.10. The first-order valence-electron chi connectivity index (χ1n) is 13.9. The molecule has 7 rings (SSSR count). The molecular formula is C29H29BrN10O4S. The number of sulfonamides is 1. The van der Waals surface area contributed by atoms with Crippen LogP contribution < -0.4 is 25.0 Å². The lowest BCUT2D eigenvalue weighted by Gasteiger charge is -2.56. The summed E-state index contributed by atoms with van der Waals surface area (Å²) in [6, 6.07) is 7.50. The third-order valence-electron chi connectivity index (χ3n) is 7.72. The molecule has 0 saturated carbocycles. The third-order valence-corrected chi connectivity index (χ3v) is 8.87. The molecule has 5 heterocycles. The normalized spacial score (nSPS) is 15.4. The van der Waals surface area contributed by atoms with Crippen LogP contribution in [-0.2, 0) is 21.8 Å². The van der Waals surface area contributed by atoms with Crippen molar-refractivity contribution in [3.8, 4) is 16.9 Å². The minimum atomic E-state index is -3.63. The molecule has 1 spiro atoms. The number of fused-ring (bicyclic) bond motifs is 1. The lowest BCUT2D eigenvalue weighted by atomic mass is 9.77. The Hall–Kier alpha value is -4.54. The van der Waals surface area contributed by atoms with Gasteiger partial charge in [-0.1, -0.05) is 0 Å². The molecule has 2 saturated heterocycles. The van der Waals surface area contributed by atoms with Crippen molar-refractivity contribution in [1.82, 2.24) is 29.7 Å². The molecular weight excluding hydrogens is 664 g/mol. The van der Waals surface area contributed by atoms with Crippen LogP contribution in [0.2, 0.25) is 0 Å². The number of benzene rings is 2. The van der Waals surface area contributed by atoms with Gasteiger partial charge in [0.15, 0.2) is 0 Å². The average Bonchev–Trinajstić information content (AvgIpc) is 3.40. The second kappa shape index (κ2) is 11.1. The van der Waals surface area contributed by atoms with Gasteiger partial charge in [-0.2, -0.15) is 10.1 Å². The Morgan fingerprint density at radius 1 is 1.04 bits per heavy atom. The maximum atomic E-state index is 12.2. The zero-order valence-electron chi connectivity index (χ0n) is 24.6. The summed E-state index contributed by atoms with van der Waals surface area (Å²) in [5.41, 5.74) is 5.52. The molecule has 45 heavy (non-hydrogen) atoms. The number of aromatic nitrogens is 6. The van der Waals surface area contributed by atoms with Crippen LogP contribution in [-0.4, -0.2) is 77.8 Å². The van der Waals surface area contributed by atoms with Crippen molar-refractivity contribution in [2.75, 3.05) is 59.9 Å². The molecule has 5 aromatic rings. The summed E-state index contributed by atoms with van der Waals surface area (Å²) >= 11 is 3.51. The molecule has 0 unspecified atom stereocenters. The first-order chi connectivity index (χ1) is 21.6. The Balaban J connectivity index is 1.23. The number of anilines is 6. The number of hydrogen-bond donors (Lipinski definition) is 3. The van der Waals surface area contributed by atoms with E-state index in [4.69, 9.17) is 14.5 Å². The highest BCUT2D eigenvalue weighted by Crippen LogP contribution is 2.47. The number of hydrogen-bond acceptors (Lipinski definition) is 12. The Morgan fingerprint density at radius 2 is 1.84 bits per heavy atom. The minimum absolute atomic E-state index is 0.235. The summed E-state index contributed by atoms with van der Waals surface area (Å²) in [4.78, 5) is 20.1. The molecule has 0 bridgehead atoms. The summed E-state index contributed by atoms with van der Waals surface area (Å²) in [7, 11) is -0.119. The van der Waals surface area contributed by atoms with E-state index in [0.717, 1.165) is 49.4 Å². The average molecular weight is 694 g/mol. The van der Waals surface area contributed by atoms with Crippen LogP contribution in [0.15, 0.2) is 59.7 Å². The predicted molar refractivity (Wildman–Crippen MR) is 175 cm³/mol. The van der Waals surface area contributed by atoms with Gasteiger partial charge in [-0.3, -0.25) is 19.4 Å². The molecule has 2 aliphatic rings. The van der Waals surface area contributed by atoms with Gasteiger partial charge >= 0.3 is 0 Å². The third kappa shape index (κ3) is 5.71. The second-order valence-electron chi connectivity index (χ2n) is 11.2. The Labute approximate surface area is 267 Å². The molecule has 3 aromatic heterocycles. The van der Waals surface area contributed by atoms with Gasteiger partial charge in [-0.05, 0) is 34.1 Å². The van der Waals surface area contributed by atoms with Gasteiger partial charge in [0.25, 0.3) is 0 Å². The van der Waals surface area contributed by atoms with Gasteiger partial charge in [0.1, 0.15) is 17.1 Å². The molecule has 2 aliphatic heterocycles. The second-order valence-corrected chi connectivity index (χ2v) is 13.9. The van der Waals surface area contributed by atoms with Crippen LogP contribution in [0, 0.1) is 5.41 Å². The van der Waals surface area contributed by atoms with Gasteiger partial charge < -0.3 is 25.0 Å². The summed E-state index contributed by atoms with van der Waals surface area (Å²) in [6.45, 7) is 3.41. The summed E-state index contributed by atoms with van der Waals surface area (Å²) in [5.74, 6) is 1.30. The first-order valence-corrected chi connectivity index (χ1v) is 16.6. The van der Waals surface area contributed by atoms with Crippen LogP contribution in [0.3, 0.4) is 0 Å². The van der Waals surface area contributed by atoms with Crippen LogP contribution in [0.5, 0.6) is 5.75 Å². The van der Waals surface area contributed by atoms with E-state index in [0.29, 0.717) is 38.4 Å². The van der Waals surface area contributed by atoms with E-state index in [2.05, 4.69) is 56.2 Å². The fourth-order valence-electron chi connectivity index (χ4n) is 5.59. The topological polar surface area (TPSA) is 161 Å². The Kier molecular flexibility index (Phi) is 7.21. The van der Waals surface area contributed by atoms with E-state index in [-0.39, 0.29) is 17.1 Å². The maximum Gasteiger partial charge on any atom is 0.229 e. The van der Waals surface area contributed by atoms with Crippen molar-refractivity contribution in [2.45, 2.75) is 0 Å². The van der Waals surface area contributed by atoms with Crippen molar-refractivity contribution in [3.05, 3.63) is 59.7 Å². The smallest absolute Gasteiger partial charge is 0.229 e. The summed E-state index contributed by atoms with van der Waals surface area (Å²) in [5, 5.41) is 10.9. The molecule has 2 aromatic carbocycles. The van der Waals surface area contributed by atoms with Crippen LogP contribution in [0.4, 0.5) is 34.5 Å². The van der Waals surface area contributed by atoms with E-state index in [1.165, 1.54) is 6.20 Å². The van der Waals surface area contributed by atoms with E-state index in [1.807, 2.05) is 31.6 Å².